The van der Waals surface area contributed by atoms with E-state index in [9.17, 15) is 9.59 Å². The lowest BCUT2D eigenvalue weighted by Gasteiger charge is -2.21. The first-order valence-corrected chi connectivity index (χ1v) is 7.74. The topological polar surface area (TPSA) is 57.6 Å². The minimum atomic E-state index is -0.886. The van der Waals surface area contributed by atoms with Gasteiger partial charge in [-0.15, -0.1) is 11.3 Å². The smallest absolute Gasteiger partial charge is 0.307 e. The Hall–Kier alpha value is -1.07. The Kier molecular flexibility index (Phi) is 4.12. The molecule has 6 heteroatoms. The molecule has 0 saturated heterocycles. The minimum absolute atomic E-state index is 0.0746. The number of carbonyl (C=O) groups is 2. The molecule has 1 amide bonds. The summed E-state index contributed by atoms with van der Waals surface area (Å²) in [7, 11) is 0. The monoisotopic (exact) mass is 315 g/mol. The zero-order valence-corrected chi connectivity index (χ0v) is 13.3. The molecule has 2 atom stereocenters. The number of carbonyl (C=O) groups excluding carboxylic acids is 1. The number of carboxylic acid groups (broad SMARTS) is 1. The Morgan fingerprint density at radius 3 is 2.45 bits per heavy atom. The molecule has 1 aliphatic rings. The first-order valence-electron chi connectivity index (χ1n) is 6.54. The summed E-state index contributed by atoms with van der Waals surface area (Å²) in [5.74, 6) is -1.95. The van der Waals surface area contributed by atoms with E-state index in [0.717, 1.165) is 4.88 Å². The number of aliphatic carboxylic acids is 1. The number of hydrogen-bond donors (Lipinski definition) is 1. The summed E-state index contributed by atoms with van der Waals surface area (Å²) in [6, 6.07) is 3.71. The highest BCUT2D eigenvalue weighted by molar-refractivity contribution is 7.16. The highest BCUT2D eigenvalue weighted by Crippen LogP contribution is 2.59. The van der Waals surface area contributed by atoms with Crippen molar-refractivity contribution in [3.05, 3.63) is 21.3 Å². The molecule has 20 heavy (non-hydrogen) atoms. The molecule has 1 aliphatic carbocycles. The van der Waals surface area contributed by atoms with E-state index < -0.39 is 23.2 Å². The molecule has 0 aliphatic heterocycles. The van der Waals surface area contributed by atoms with Gasteiger partial charge < -0.3 is 10.0 Å². The van der Waals surface area contributed by atoms with Gasteiger partial charge in [-0.05, 0) is 24.5 Å². The van der Waals surface area contributed by atoms with E-state index in [-0.39, 0.29) is 5.91 Å². The van der Waals surface area contributed by atoms with Crippen LogP contribution < -0.4 is 0 Å². The molecule has 2 rings (SSSR count). The van der Waals surface area contributed by atoms with Gasteiger partial charge >= 0.3 is 5.97 Å². The highest BCUT2D eigenvalue weighted by Gasteiger charge is 2.66. The van der Waals surface area contributed by atoms with Crippen LogP contribution in [0.2, 0.25) is 4.34 Å². The van der Waals surface area contributed by atoms with Gasteiger partial charge in [-0.3, -0.25) is 9.59 Å². The van der Waals surface area contributed by atoms with Crippen LogP contribution in [0, 0.1) is 17.3 Å². The summed E-state index contributed by atoms with van der Waals surface area (Å²) < 4.78 is 0.693. The molecule has 1 fully saturated rings. The molecule has 110 valence electrons. The van der Waals surface area contributed by atoms with E-state index in [1.54, 1.807) is 11.0 Å². The number of amides is 1. The van der Waals surface area contributed by atoms with E-state index in [1.807, 2.05) is 26.8 Å². The number of nitrogens with zero attached hydrogens (tertiary/aromatic N) is 1. The maximum atomic E-state index is 12.5. The van der Waals surface area contributed by atoms with Crippen molar-refractivity contribution in [2.75, 3.05) is 6.54 Å². The predicted octanol–water partition coefficient (Wildman–Crippen LogP) is 3.11. The van der Waals surface area contributed by atoms with Crippen LogP contribution in [0.5, 0.6) is 0 Å². The molecule has 1 aromatic rings. The minimum Gasteiger partial charge on any atom is -0.481 e. The third-order valence-corrected chi connectivity index (χ3v) is 5.24. The van der Waals surface area contributed by atoms with Gasteiger partial charge in [0.2, 0.25) is 5.91 Å². The molecule has 1 heterocycles. The van der Waals surface area contributed by atoms with Crippen LogP contribution in [-0.4, -0.2) is 28.4 Å². The molecule has 2 unspecified atom stereocenters. The third kappa shape index (κ3) is 2.69. The summed E-state index contributed by atoms with van der Waals surface area (Å²) in [4.78, 5) is 26.4. The standard InChI is InChI=1S/C14H18ClNO3S/c1-4-16(7-8-5-6-9(15)20-8)12(17)10-11(13(18)19)14(10,2)3/h5-6,10-11H,4,7H2,1-3H3,(H,18,19). The normalized spacial score (nSPS) is 23.4. The van der Waals surface area contributed by atoms with Gasteiger partial charge in [0.05, 0.1) is 22.7 Å². The fourth-order valence-electron chi connectivity index (χ4n) is 2.73. The summed E-state index contributed by atoms with van der Waals surface area (Å²) in [6.45, 7) is 6.63. The summed E-state index contributed by atoms with van der Waals surface area (Å²) in [5.41, 5.74) is -0.455. The van der Waals surface area contributed by atoms with E-state index in [2.05, 4.69) is 0 Å². The van der Waals surface area contributed by atoms with Crippen LogP contribution in [0.4, 0.5) is 0 Å². The molecular formula is C14H18ClNO3S. The molecule has 1 aromatic heterocycles. The quantitative estimate of drug-likeness (QED) is 0.908. The Bertz CT molecular complexity index is 540. The largest absolute Gasteiger partial charge is 0.481 e. The third-order valence-electron chi connectivity index (χ3n) is 4.03. The number of thiophene rings is 1. The SMILES string of the molecule is CCN(Cc1ccc(Cl)s1)C(=O)C1C(C(=O)O)C1(C)C. The number of halogens is 1. The molecule has 0 spiro atoms. The van der Waals surface area contributed by atoms with Crippen molar-refractivity contribution < 1.29 is 14.7 Å². The molecule has 1 saturated carbocycles. The maximum absolute atomic E-state index is 12.5. The maximum Gasteiger partial charge on any atom is 0.307 e. The molecular weight excluding hydrogens is 298 g/mol. The van der Waals surface area contributed by atoms with Gasteiger partial charge in [0, 0.05) is 11.4 Å². The van der Waals surface area contributed by atoms with Crippen molar-refractivity contribution >= 4 is 34.8 Å². The van der Waals surface area contributed by atoms with E-state index in [4.69, 9.17) is 16.7 Å². The van der Waals surface area contributed by atoms with Gasteiger partial charge in [0.15, 0.2) is 0 Å². The highest BCUT2D eigenvalue weighted by atomic mass is 35.5. The second kappa shape index (κ2) is 5.37. The van der Waals surface area contributed by atoms with Crippen LogP contribution in [0.3, 0.4) is 0 Å². The molecule has 0 bridgehead atoms. The lowest BCUT2D eigenvalue weighted by atomic mass is 10.1. The van der Waals surface area contributed by atoms with Crippen molar-refractivity contribution in [1.29, 1.82) is 0 Å². The second-order valence-corrected chi connectivity index (χ2v) is 7.47. The lowest BCUT2D eigenvalue weighted by molar-refractivity contribution is -0.142. The van der Waals surface area contributed by atoms with Crippen LogP contribution in [-0.2, 0) is 16.1 Å². The predicted molar refractivity (Wildman–Crippen MR) is 78.8 cm³/mol. The Morgan fingerprint density at radius 2 is 2.05 bits per heavy atom. The molecule has 1 N–H and O–H groups in total. The van der Waals surface area contributed by atoms with Gasteiger partial charge in [0.1, 0.15) is 0 Å². The Morgan fingerprint density at radius 1 is 1.40 bits per heavy atom. The van der Waals surface area contributed by atoms with Gasteiger partial charge in [-0.25, -0.2) is 0 Å². The summed E-state index contributed by atoms with van der Waals surface area (Å²) in [6.07, 6.45) is 0. The van der Waals surface area contributed by atoms with E-state index in [0.29, 0.717) is 17.4 Å². The van der Waals surface area contributed by atoms with Gasteiger partial charge in [-0.1, -0.05) is 25.4 Å². The Balaban J connectivity index is 2.09. The number of hydrogen-bond acceptors (Lipinski definition) is 3. The molecule has 0 aromatic carbocycles. The van der Waals surface area contributed by atoms with Crippen molar-refractivity contribution in [2.45, 2.75) is 27.3 Å². The van der Waals surface area contributed by atoms with Crippen LogP contribution >= 0.6 is 22.9 Å². The van der Waals surface area contributed by atoms with Crippen LogP contribution in [0.15, 0.2) is 12.1 Å². The summed E-state index contributed by atoms with van der Waals surface area (Å²) >= 11 is 7.33. The molecule has 0 radical (unpaired) electrons. The Labute approximate surface area is 127 Å². The summed E-state index contributed by atoms with van der Waals surface area (Å²) in [5, 5.41) is 9.17. The molecule has 4 nitrogen and oxygen atoms in total. The number of rotatable bonds is 5. The zero-order valence-electron chi connectivity index (χ0n) is 11.7. The van der Waals surface area contributed by atoms with Gasteiger partial charge in [0.25, 0.3) is 0 Å². The van der Waals surface area contributed by atoms with Crippen LogP contribution in [0.1, 0.15) is 25.6 Å². The fourth-order valence-corrected chi connectivity index (χ4v) is 3.83. The van der Waals surface area contributed by atoms with E-state index in [1.165, 1.54) is 11.3 Å². The first kappa shape index (κ1) is 15.3. The van der Waals surface area contributed by atoms with Crippen molar-refractivity contribution in [2.24, 2.45) is 17.3 Å². The zero-order chi connectivity index (χ0) is 15.1. The van der Waals surface area contributed by atoms with Crippen molar-refractivity contribution in [3.8, 4) is 0 Å². The number of carboxylic acids is 1. The fraction of sp³-hybridized carbons (Fsp3) is 0.571. The lowest BCUT2D eigenvalue weighted by Crippen LogP contribution is -2.33. The van der Waals surface area contributed by atoms with E-state index >= 15 is 0 Å². The van der Waals surface area contributed by atoms with Crippen LogP contribution in [0.25, 0.3) is 0 Å². The van der Waals surface area contributed by atoms with Crippen molar-refractivity contribution in [3.63, 3.8) is 0 Å². The average molecular weight is 316 g/mol. The van der Waals surface area contributed by atoms with Crippen molar-refractivity contribution in [1.82, 2.24) is 4.90 Å². The average Bonchev–Trinajstić information content (AvgIpc) is 2.71. The van der Waals surface area contributed by atoms with Gasteiger partial charge in [-0.2, -0.15) is 0 Å². The first-order chi connectivity index (χ1) is 9.28. The second-order valence-electron chi connectivity index (χ2n) is 5.67.